The molecule has 1 heterocycles. The van der Waals surface area contributed by atoms with Crippen molar-refractivity contribution in [1.82, 2.24) is 9.97 Å². The summed E-state index contributed by atoms with van der Waals surface area (Å²) in [5, 5.41) is 8.77. The molecule has 5 heteroatoms. The number of nitrogens with two attached hydrogens (primary N) is 1. The topological polar surface area (TPSA) is 84.8 Å². The Kier molecular flexibility index (Phi) is 2.88. The molecule has 2 rings (SSSR count). The number of nitrogen functional groups attached to an aromatic ring is 1. The van der Waals surface area contributed by atoms with Gasteiger partial charge in [0.2, 0.25) is 5.88 Å². The molecule has 0 fully saturated rings. The summed E-state index contributed by atoms with van der Waals surface area (Å²) in [7, 11) is 0. The van der Waals surface area contributed by atoms with E-state index in [-0.39, 0.29) is 0 Å². The lowest BCUT2D eigenvalue weighted by Crippen LogP contribution is -1.97. The van der Waals surface area contributed by atoms with Crippen molar-refractivity contribution < 1.29 is 4.74 Å². The Labute approximate surface area is 98.5 Å². The van der Waals surface area contributed by atoms with E-state index < -0.39 is 0 Å². The van der Waals surface area contributed by atoms with Gasteiger partial charge >= 0.3 is 0 Å². The predicted octanol–water partition coefficient (Wildman–Crippen LogP) is 2.03. The summed E-state index contributed by atoms with van der Waals surface area (Å²) in [6.07, 6.45) is 0. The first-order valence-corrected chi connectivity index (χ1v) is 4.96. The van der Waals surface area contributed by atoms with Crippen LogP contribution in [0.2, 0.25) is 0 Å². The van der Waals surface area contributed by atoms with Crippen molar-refractivity contribution in [3.05, 3.63) is 41.7 Å². The molecule has 0 bridgehead atoms. The molecule has 0 spiro atoms. The minimum Gasteiger partial charge on any atom is -0.439 e. The van der Waals surface area contributed by atoms with Crippen LogP contribution in [0.4, 0.5) is 5.82 Å². The predicted molar refractivity (Wildman–Crippen MR) is 62.4 cm³/mol. The third-order valence-electron chi connectivity index (χ3n) is 2.02. The number of nitrogens with zero attached hydrogens (tertiary/aromatic N) is 3. The van der Waals surface area contributed by atoms with E-state index in [0.717, 1.165) is 0 Å². The van der Waals surface area contributed by atoms with E-state index >= 15 is 0 Å². The zero-order chi connectivity index (χ0) is 12.3. The van der Waals surface area contributed by atoms with Crippen molar-refractivity contribution >= 4 is 5.82 Å². The second-order valence-corrected chi connectivity index (χ2v) is 3.42. The van der Waals surface area contributed by atoms with Crippen LogP contribution in [0.3, 0.4) is 0 Å². The molecule has 0 radical (unpaired) electrons. The van der Waals surface area contributed by atoms with Crippen molar-refractivity contribution in [1.29, 1.82) is 5.26 Å². The molecule has 0 aliphatic rings. The highest BCUT2D eigenvalue weighted by Crippen LogP contribution is 2.21. The van der Waals surface area contributed by atoms with Crippen LogP contribution in [0.15, 0.2) is 30.3 Å². The second kappa shape index (κ2) is 4.49. The zero-order valence-corrected chi connectivity index (χ0v) is 9.21. The molecule has 0 saturated carbocycles. The standard InChI is InChI=1S/C12H10N4O/c1-8-15-11(14)6-12(16-8)17-10-4-2-3-9(5-10)7-13/h2-6H,1H3,(H2,14,15,16). The van der Waals surface area contributed by atoms with Gasteiger partial charge in [-0.15, -0.1) is 0 Å². The average Bonchev–Trinajstić information content (AvgIpc) is 2.28. The number of ether oxygens (including phenoxy) is 1. The lowest BCUT2D eigenvalue weighted by atomic mass is 10.2. The summed E-state index contributed by atoms with van der Waals surface area (Å²) in [6.45, 7) is 1.73. The summed E-state index contributed by atoms with van der Waals surface area (Å²) in [5.74, 6) is 1.80. The van der Waals surface area contributed by atoms with E-state index in [1.165, 1.54) is 6.07 Å². The van der Waals surface area contributed by atoms with Crippen LogP contribution < -0.4 is 10.5 Å². The van der Waals surface area contributed by atoms with E-state index in [1.807, 2.05) is 6.07 Å². The fraction of sp³-hybridized carbons (Fsp3) is 0.0833. The molecule has 0 aliphatic heterocycles. The van der Waals surface area contributed by atoms with Crippen molar-refractivity contribution in [2.24, 2.45) is 0 Å². The van der Waals surface area contributed by atoms with Crippen molar-refractivity contribution in [3.8, 4) is 17.7 Å². The summed E-state index contributed by atoms with van der Waals surface area (Å²) < 4.78 is 5.50. The second-order valence-electron chi connectivity index (χ2n) is 3.42. The smallest absolute Gasteiger partial charge is 0.224 e. The first-order chi connectivity index (χ1) is 8.17. The van der Waals surface area contributed by atoms with E-state index in [1.54, 1.807) is 31.2 Å². The molecule has 0 unspecified atom stereocenters. The van der Waals surface area contributed by atoms with Gasteiger partial charge in [0, 0.05) is 6.07 Å². The molecule has 2 N–H and O–H groups in total. The van der Waals surface area contributed by atoms with Gasteiger partial charge in [0.1, 0.15) is 17.4 Å². The number of anilines is 1. The van der Waals surface area contributed by atoms with Gasteiger partial charge in [-0.3, -0.25) is 0 Å². The average molecular weight is 226 g/mol. The van der Waals surface area contributed by atoms with Crippen molar-refractivity contribution in [2.75, 3.05) is 5.73 Å². The summed E-state index contributed by atoms with van der Waals surface area (Å²) >= 11 is 0. The SMILES string of the molecule is Cc1nc(N)cc(Oc2cccc(C#N)c2)n1. The maximum atomic E-state index is 8.77. The van der Waals surface area contributed by atoms with Crippen LogP contribution >= 0.6 is 0 Å². The number of hydrogen-bond acceptors (Lipinski definition) is 5. The highest BCUT2D eigenvalue weighted by molar-refractivity contribution is 5.39. The third-order valence-corrected chi connectivity index (χ3v) is 2.02. The van der Waals surface area contributed by atoms with Gasteiger partial charge in [0.05, 0.1) is 11.6 Å². The van der Waals surface area contributed by atoms with Gasteiger partial charge in [-0.25, -0.2) is 4.98 Å². The maximum Gasteiger partial charge on any atom is 0.224 e. The Morgan fingerprint density at radius 1 is 1.29 bits per heavy atom. The molecule has 1 aromatic heterocycles. The number of aromatic nitrogens is 2. The molecular weight excluding hydrogens is 216 g/mol. The fourth-order valence-electron chi connectivity index (χ4n) is 1.36. The summed E-state index contributed by atoms with van der Waals surface area (Å²) in [4.78, 5) is 8.03. The number of rotatable bonds is 2. The van der Waals surface area contributed by atoms with Crippen LogP contribution in [0, 0.1) is 18.3 Å². The Morgan fingerprint density at radius 3 is 2.82 bits per heavy atom. The fourth-order valence-corrected chi connectivity index (χ4v) is 1.36. The van der Waals surface area contributed by atoms with Gasteiger partial charge < -0.3 is 10.5 Å². The Morgan fingerprint density at radius 2 is 2.12 bits per heavy atom. The molecule has 0 aliphatic carbocycles. The molecule has 0 amide bonds. The minimum absolute atomic E-state index is 0.351. The van der Waals surface area contributed by atoms with E-state index in [9.17, 15) is 0 Å². The van der Waals surface area contributed by atoms with E-state index in [0.29, 0.717) is 28.8 Å². The summed E-state index contributed by atoms with van der Waals surface area (Å²) in [5.41, 5.74) is 6.11. The van der Waals surface area contributed by atoms with E-state index in [4.69, 9.17) is 15.7 Å². The normalized spacial score (nSPS) is 9.65. The van der Waals surface area contributed by atoms with Crippen molar-refractivity contribution in [2.45, 2.75) is 6.92 Å². The van der Waals surface area contributed by atoms with Gasteiger partial charge in [-0.1, -0.05) is 6.07 Å². The van der Waals surface area contributed by atoms with Gasteiger partial charge in [0.15, 0.2) is 0 Å². The first-order valence-electron chi connectivity index (χ1n) is 4.96. The molecule has 2 aromatic rings. The lowest BCUT2D eigenvalue weighted by Gasteiger charge is -2.05. The van der Waals surface area contributed by atoms with Crippen LogP contribution in [-0.2, 0) is 0 Å². The van der Waals surface area contributed by atoms with Crippen LogP contribution in [0.25, 0.3) is 0 Å². The maximum absolute atomic E-state index is 8.77. The molecular formula is C12H10N4O. The largest absolute Gasteiger partial charge is 0.439 e. The molecule has 1 aromatic carbocycles. The number of aryl methyl sites for hydroxylation is 1. The van der Waals surface area contributed by atoms with Gasteiger partial charge in [-0.05, 0) is 25.1 Å². The molecule has 84 valence electrons. The highest BCUT2D eigenvalue weighted by Gasteiger charge is 2.02. The number of benzene rings is 1. The van der Waals surface area contributed by atoms with Crippen LogP contribution in [-0.4, -0.2) is 9.97 Å². The highest BCUT2D eigenvalue weighted by atomic mass is 16.5. The molecule has 17 heavy (non-hydrogen) atoms. The van der Waals surface area contributed by atoms with Gasteiger partial charge in [-0.2, -0.15) is 10.2 Å². The van der Waals surface area contributed by atoms with Crippen LogP contribution in [0.1, 0.15) is 11.4 Å². The summed E-state index contributed by atoms with van der Waals surface area (Å²) in [6, 6.07) is 10.4. The minimum atomic E-state index is 0.351. The monoisotopic (exact) mass is 226 g/mol. The Hall–Kier alpha value is -2.61. The number of nitriles is 1. The Balaban J connectivity index is 2.28. The quantitative estimate of drug-likeness (QED) is 0.846. The number of hydrogen-bond donors (Lipinski definition) is 1. The molecule has 5 nitrogen and oxygen atoms in total. The molecule has 0 saturated heterocycles. The first kappa shape index (κ1) is 10.9. The van der Waals surface area contributed by atoms with Crippen LogP contribution in [0.5, 0.6) is 11.6 Å². The van der Waals surface area contributed by atoms with Gasteiger partial charge in [0.25, 0.3) is 0 Å². The zero-order valence-electron chi connectivity index (χ0n) is 9.21. The Bertz CT molecular complexity index is 569. The third kappa shape index (κ3) is 2.69. The van der Waals surface area contributed by atoms with Crippen molar-refractivity contribution in [3.63, 3.8) is 0 Å². The molecule has 0 atom stereocenters. The lowest BCUT2D eigenvalue weighted by molar-refractivity contribution is 0.460. The van der Waals surface area contributed by atoms with E-state index in [2.05, 4.69) is 9.97 Å².